The van der Waals surface area contributed by atoms with E-state index in [0.717, 1.165) is 10.0 Å². The standard InChI is InChI=1S/C19H20BrNO4S/c1-2-25-18(22)19(12-21)16(13-8-10-14(20)11-9-13)17(19)26(23,24)15-6-4-3-5-7-15/h3-11,16-17H,2,12,21H2,1H3/t16-,17+,19+/m0/s1. The summed E-state index contributed by atoms with van der Waals surface area (Å²) in [5.41, 5.74) is 5.44. The number of sulfone groups is 1. The third-order valence-electron chi connectivity index (χ3n) is 4.88. The fourth-order valence-electron chi connectivity index (χ4n) is 3.59. The quantitative estimate of drug-likeness (QED) is 0.701. The molecule has 1 fully saturated rings. The van der Waals surface area contributed by atoms with Crippen LogP contribution in [0.2, 0.25) is 0 Å². The van der Waals surface area contributed by atoms with E-state index in [1.165, 1.54) is 0 Å². The number of carbonyl (C=O) groups is 1. The molecule has 1 aliphatic rings. The third-order valence-corrected chi connectivity index (χ3v) is 7.70. The molecule has 0 bridgehead atoms. The Balaban J connectivity index is 2.11. The fourth-order valence-corrected chi connectivity index (χ4v) is 6.26. The van der Waals surface area contributed by atoms with Crippen molar-refractivity contribution in [2.75, 3.05) is 13.2 Å². The van der Waals surface area contributed by atoms with E-state index in [1.54, 1.807) is 37.3 Å². The zero-order chi connectivity index (χ0) is 18.9. The van der Waals surface area contributed by atoms with E-state index < -0.39 is 32.4 Å². The maximum absolute atomic E-state index is 13.3. The number of esters is 1. The van der Waals surface area contributed by atoms with Crippen molar-refractivity contribution in [1.29, 1.82) is 0 Å². The number of halogens is 1. The molecule has 0 radical (unpaired) electrons. The van der Waals surface area contributed by atoms with E-state index in [1.807, 2.05) is 24.3 Å². The molecule has 0 heterocycles. The summed E-state index contributed by atoms with van der Waals surface area (Å²) in [6, 6.07) is 15.4. The Morgan fingerprint density at radius 3 is 2.31 bits per heavy atom. The minimum Gasteiger partial charge on any atom is -0.465 e. The molecule has 7 heteroatoms. The van der Waals surface area contributed by atoms with E-state index in [2.05, 4.69) is 15.9 Å². The Morgan fingerprint density at radius 2 is 1.77 bits per heavy atom. The van der Waals surface area contributed by atoms with Crippen molar-refractivity contribution in [2.24, 2.45) is 11.1 Å². The Bertz CT molecular complexity index is 899. The Hall–Kier alpha value is -1.70. The lowest BCUT2D eigenvalue weighted by Crippen LogP contribution is -2.33. The zero-order valence-corrected chi connectivity index (χ0v) is 16.7. The Labute approximate surface area is 161 Å². The molecule has 0 amide bonds. The van der Waals surface area contributed by atoms with Crippen LogP contribution >= 0.6 is 15.9 Å². The number of ether oxygens (including phenoxy) is 1. The molecule has 0 aromatic heterocycles. The molecule has 2 N–H and O–H groups in total. The van der Waals surface area contributed by atoms with Gasteiger partial charge in [-0.3, -0.25) is 4.79 Å². The van der Waals surface area contributed by atoms with Gasteiger partial charge in [-0.25, -0.2) is 8.42 Å². The first-order valence-electron chi connectivity index (χ1n) is 8.31. The smallest absolute Gasteiger partial charge is 0.315 e. The highest BCUT2D eigenvalue weighted by molar-refractivity contribution is 9.10. The average Bonchev–Trinajstić information content (AvgIpc) is 3.35. The van der Waals surface area contributed by atoms with Crippen molar-refractivity contribution >= 4 is 31.7 Å². The van der Waals surface area contributed by atoms with Gasteiger partial charge in [0.15, 0.2) is 9.84 Å². The lowest BCUT2D eigenvalue weighted by molar-refractivity contribution is -0.149. The summed E-state index contributed by atoms with van der Waals surface area (Å²) in [4.78, 5) is 12.9. The molecule has 3 atom stereocenters. The first-order chi connectivity index (χ1) is 12.4. The molecule has 3 rings (SSSR count). The normalized spacial score (nSPS) is 24.9. The second-order valence-corrected chi connectivity index (χ2v) is 9.26. The molecule has 138 valence electrons. The van der Waals surface area contributed by atoms with Crippen LogP contribution < -0.4 is 5.73 Å². The second-order valence-electron chi connectivity index (χ2n) is 6.27. The van der Waals surface area contributed by atoms with Gasteiger partial charge in [0.25, 0.3) is 0 Å². The highest BCUT2D eigenvalue weighted by atomic mass is 79.9. The minimum atomic E-state index is -3.75. The van der Waals surface area contributed by atoms with Crippen LogP contribution in [0.15, 0.2) is 64.0 Å². The monoisotopic (exact) mass is 437 g/mol. The van der Waals surface area contributed by atoms with E-state index in [-0.39, 0.29) is 18.0 Å². The Kier molecular flexibility index (Phi) is 5.23. The van der Waals surface area contributed by atoms with Crippen molar-refractivity contribution in [2.45, 2.75) is 23.0 Å². The van der Waals surface area contributed by atoms with Crippen LogP contribution in [0.3, 0.4) is 0 Å². The molecule has 5 nitrogen and oxygen atoms in total. The van der Waals surface area contributed by atoms with Crippen molar-refractivity contribution < 1.29 is 17.9 Å². The van der Waals surface area contributed by atoms with E-state index in [4.69, 9.17) is 10.5 Å². The Morgan fingerprint density at radius 1 is 1.15 bits per heavy atom. The van der Waals surface area contributed by atoms with Gasteiger partial charge < -0.3 is 10.5 Å². The summed E-state index contributed by atoms with van der Waals surface area (Å²) in [6.07, 6.45) is 0. The third kappa shape index (κ3) is 2.98. The first kappa shape index (κ1) is 19.1. The molecule has 0 unspecified atom stereocenters. The van der Waals surface area contributed by atoms with Gasteiger partial charge in [0, 0.05) is 16.9 Å². The van der Waals surface area contributed by atoms with Crippen LogP contribution in [0.25, 0.3) is 0 Å². The second kappa shape index (κ2) is 7.13. The molecule has 0 saturated heterocycles. The van der Waals surface area contributed by atoms with E-state index in [9.17, 15) is 13.2 Å². The van der Waals surface area contributed by atoms with Crippen LogP contribution in [0, 0.1) is 5.41 Å². The van der Waals surface area contributed by atoms with E-state index >= 15 is 0 Å². The zero-order valence-electron chi connectivity index (χ0n) is 14.3. The van der Waals surface area contributed by atoms with Crippen LogP contribution in [0.5, 0.6) is 0 Å². The van der Waals surface area contributed by atoms with Gasteiger partial charge in [-0.2, -0.15) is 0 Å². The molecular weight excluding hydrogens is 418 g/mol. The number of hydrogen-bond acceptors (Lipinski definition) is 5. The molecule has 0 spiro atoms. The summed E-state index contributed by atoms with van der Waals surface area (Å²) in [6.45, 7) is 1.77. The number of carbonyl (C=O) groups excluding carboxylic acids is 1. The molecule has 0 aliphatic heterocycles. The molecule has 2 aromatic carbocycles. The van der Waals surface area contributed by atoms with Gasteiger partial charge in [0.05, 0.1) is 16.8 Å². The van der Waals surface area contributed by atoms with Crippen molar-refractivity contribution in [3.8, 4) is 0 Å². The summed E-state index contributed by atoms with van der Waals surface area (Å²) in [7, 11) is -3.75. The molecule has 26 heavy (non-hydrogen) atoms. The van der Waals surface area contributed by atoms with Crippen LogP contribution in [-0.4, -0.2) is 32.8 Å². The van der Waals surface area contributed by atoms with Gasteiger partial charge in [-0.05, 0) is 36.8 Å². The van der Waals surface area contributed by atoms with Gasteiger partial charge in [-0.1, -0.05) is 46.3 Å². The average molecular weight is 438 g/mol. The SMILES string of the molecule is CCOC(=O)[C@@]1(CN)[C@H](S(=O)(=O)c2ccccc2)[C@@H]1c1ccc(Br)cc1. The number of nitrogens with two attached hydrogens (primary N) is 1. The largest absolute Gasteiger partial charge is 0.465 e. The molecular formula is C19H20BrNO4S. The topological polar surface area (TPSA) is 86.5 Å². The highest BCUT2D eigenvalue weighted by Gasteiger charge is 2.75. The van der Waals surface area contributed by atoms with Gasteiger partial charge >= 0.3 is 5.97 Å². The number of benzene rings is 2. The van der Waals surface area contributed by atoms with Crippen molar-refractivity contribution in [3.05, 3.63) is 64.6 Å². The highest BCUT2D eigenvalue weighted by Crippen LogP contribution is 2.64. The van der Waals surface area contributed by atoms with Crippen LogP contribution in [0.1, 0.15) is 18.4 Å². The predicted octanol–water partition coefficient (Wildman–Crippen LogP) is 2.90. The molecule has 1 aliphatic carbocycles. The summed E-state index contributed by atoms with van der Waals surface area (Å²) in [5, 5.41) is -0.942. The predicted molar refractivity (Wildman–Crippen MR) is 102 cm³/mol. The van der Waals surface area contributed by atoms with Gasteiger partial charge in [0.1, 0.15) is 5.41 Å². The summed E-state index contributed by atoms with van der Waals surface area (Å²) < 4.78 is 32.6. The number of hydrogen-bond donors (Lipinski definition) is 1. The van der Waals surface area contributed by atoms with Crippen LogP contribution in [0.4, 0.5) is 0 Å². The first-order valence-corrected chi connectivity index (χ1v) is 10.6. The summed E-state index contributed by atoms with van der Waals surface area (Å²) in [5.74, 6) is -1.09. The van der Waals surface area contributed by atoms with Gasteiger partial charge in [-0.15, -0.1) is 0 Å². The van der Waals surface area contributed by atoms with Crippen molar-refractivity contribution in [3.63, 3.8) is 0 Å². The number of rotatable bonds is 6. The lowest BCUT2D eigenvalue weighted by atomic mass is 9.99. The lowest BCUT2D eigenvalue weighted by Gasteiger charge is -2.14. The summed E-state index contributed by atoms with van der Waals surface area (Å²) >= 11 is 3.37. The van der Waals surface area contributed by atoms with E-state index in [0.29, 0.717) is 0 Å². The molecule has 2 aromatic rings. The van der Waals surface area contributed by atoms with Gasteiger partial charge in [0.2, 0.25) is 0 Å². The fraction of sp³-hybridized carbons (Fsp3) is 0.316. The van der Waals surface area contributed by atoms with Crippen LogP contribution in [-0.2, 0) is 19.4 Å². The maximum atomic E-state index is 13.3. The van der Waals surface area contributed by atoms with Crippen molar-refractivity contribution in [1.82, 2.24) is 0 Å². The molecule has 1 saturated carbocycles. The maximum Gasteiger partial charge on any atom is 0.315 e. The minimum absolute atomic E-state index is 0.0940.